The summed E-state index contributed by atoms with van der Waals surface area (Å²) in [5, 5.41) is 0. The number of hydrogen-bond acceptors (Lipinski definition) is 5. The molecule has 0 aromatic heterocycles. The molecule has 1 aromatic rings. The Balaban J connectivity index is 1.52. The van der Waals surface area contributed by atoms with Gasteiger partial charge in [-0.2, -0.15) is 0 Å². The first-order valence-electron chi connectivity index (χ1n) is 7.82. The van der Waals surface area contributed by atoms with E-state index in [2.05, 4.69) is 11.0 Å². The maximum atomic E-state index is 6.42. The minimum atomic E-state index is 0.00575. The lowest BCUT2D eigenvalue weighted by molar-refractivity contribution is -0.0138. The fourth-order valence-corrected chi connectivity index (χ4v) is 3.62. The molecule has 5 heteroatoms. The van der Waals surface area contributed by atoms with Crippen LogP contribution in [0.15, 0.2) is 12.1 Å². The van der Waals surface area contributed by atoms with Crippen LogP contribution >= 0.6 is 0 Å². The first kappa shape index (κ1) is 13.2. The van der Waals surface area contributed by atoms with Crippen molar-refractivity contribution in [2.45, 2.75) is 31.3 Å². The van der Waals surface area contributed by atoms with E-state index in [0.29, 0.717) is 6.79 Å². The third kappa shape index (κ3) is 2.34. The van der Waals surface area contributed by atoms with Crippen LogP contribution in [0.1, 0.15) is 24.8 Å². The maximum Gasteiger partial charge on any atom is 0.231 e. The number of benzene rings is 1. The van der Waals surface area contributed by atoms with E-state index in [1.165, 1.54) is 5.56 Å². The van der Waals surface area contributed by atoms with Gasteiger partial charge < -0.3 is 24.8 Å². The quantitative estimate of drug-likeness (QED) is 0.895. The van der Waals surface area contributed by atoms with Crippen LogP contribution in [0.5, 0.6) is 17.2 Å². The molecule has 3 heterocycles. The predicted octanol–water partition coefficient (Wildman–Crippen LogP) is 1.53. The van der Waals surface area contributed by atoms with E-state index in [0.717, 1.165) is 69.1 Å². The van der Waals surface area contributed by atoms with Crippen molar-refractivity contribution in [3.05, 3.63) is 17.7 Å². The maximum absolute atomic E-state index is 6.42. The number of ether oxygens (including phenoxy) is 3. The highest BCUT2D eigenvalue weighted by Gasteiger charge is 2.40. The number of aryl methyl sites for hydroxylation is 1. The van der Waals surface area contributed by atoms with Gasteiger partial charge in [0.1, 0.15) is 11.4 Å². The molecule has 0 unspecified atom stereocenters. The van der Waals surface area contributed by atoms with Crippen molar-refractivity contribution in [1.29, 1.82) is 0 Å². The SMILES string of the molecule is NCCN1CCC2(CCc3cc4c(cc3O2)OCO4)CC1. The average molecular weight is 290 g/mol. The Kier molecular flexibility index (Phi) is 3.19. The number of nitrogens with zero attached hydrogens (tertiary/aromatic N) is 1. The van der Waals surface area contributed by atoms with E-state index in [-0.39, 0.29) is 5.60 Å². The normalized spacial score (nSPS) is 22.9. The summed E-state index contributed by atoms with van der Waals surface area (Å²) in [5.41, 5.74) is 6.90. The Hall–Kier alpha value is -1.46. The molecule has 0 radical (unpaired) electrons. The van der Waals surface area contributed by atoms with Crippen LogP contribution in [-0.4, -0.2) is 43.5 Å². The van der Waals surface area contributed by atoms with Crippen LogP contribution in [-0.2, 0) is 6.42 Å². The monoisotopic (exact) mass is 290 g/mol. The number of rotatable bonds is 2. The Bertz CT molecular complexity index is 539. The molecule has 114 valence electrons. The summed E-state index contributed by atoms with van der Waals surface area (Å²) in [7, 11) is 0. The van der Waals surface area contributed by atoms with Gasteiger partial charge in [0.2, 0.25) is 6.79 Å². The zero-order chi connectivity index (χ0) is 14.3. The van der Waals surface area contributed by atoms with Gasteiger partial charge in [-0.3, -0.25) is 0 Å². The first-order chi connectivity index (χ1) is 10.3. The second kappa shape index (κ2) is 5.07. The zero-order valence-corrected chi connectivity index (χ0v) is 12.3. The molecule has 0 saturated carbocycles. The van der Waals surface area contributed by atoms with E-state index in [1.807, 2.05) is 6.07 Å². The van der Waals surface area contributed by atoms with Gasteiger partial charge in [0.15, 0.2) is 11.5 Å². The van der Waals surface area contributed by atoms with E-state index in [9.17, 15) is 0 Å². The number of nitrogens with two attached hydrogens (primary N) is 1. The van der Waals surface area contributed by atoms with Crippen LogP contribution in [0.4, 0.5) is 0 Å². The molecule has 1 aromatic carbocycles. The van der Waals surface area contributed by atoms with Gasteiger partial charge in [-0.15, -0.1) is 0 Å². The van der Waals surface area contributed by atoms with Gasteiger partial charge in [-0.05, 0) is 37.3 Å². The van der Waals surface area contributed by atoms with Crippen molar-refractivity contribution in [3.63, 3.8) is 0 Å². The summed E-state index contributed by atoms with van der Waals surface area (Å²) in [4.78, 5) is 2.43. The Morgan fingerprint density at radius 2 is 1.81 bits per heavy atom. The molecule has 0 aliphatic carbocycles. The lowest BCUT2D eigenvalue weighted by Crippen LogP contribution is -2.50. The van der Waals surface area contributed by atoms with Crippen molar-refractivity contribution >= 4 is 0 Å². The second-order valence-corrected chi connectivity index (χ2v) is 6.23. The van der Waals surface area contributed by atoms with Crippen LogP contribution in [0.25, 0.3) is 0 Å². The highest BCUT2D eigenvalue weighted by atomic mass is 16.7. The molecular weight excluding hydrogens is 268 g/mol. The summed E-state index contributed by atoms with van der Waals surface area (Å²) in [6, 6.07) is 4.08. The summed E-state index contributed by atoms with van der Waals surface area (Å²) in [6.07, 6.45) is 4.32. The lowest BCUT2D eigenvalue weighted by atomic mass is 9.83. The summed E-state index contributed by atoms with van der Waals surface area (Å²) >= 11 is 0. The Labute approximate surface area is 125 Å². The molecule has 2 N–H and O–H groups in total. The molecule has 0 atom stereocenters. The number of likely N-dealkylation sites (tertiary alicyclic amines) is 1. The lowest BCUT2D eigenvalue weighted by Gasteiger charge is -2.44. The van der Waals surface area contributed by atoms with Crippen molar-refractivity contribution in [2.24, 2.45) is 5.73 Å². The van der Waals surface area contributed by atoms with Gasteiger partial charge in [0.05, 0.1) is 0 Å². The standard InChI is InChI=1S/C16H22N2O3/c17-5-8-18-6-3-16(4-7-18)2-1-12-9-14-15(20-11-19-14)10-13(12)21-16/h9-10H,1-8,11,17H2. The molecule has 4 rings (SSSR count). The second-order valence-electron chi connectivity index (χ2n) is 6.23. The van der Waals surface area contributed by atoms with Crippen molar-refractivity contribution in [3.8, 4) is 17.2 Å². The third-order valence-electron chi connectivity index (χ3n) is 4.94. The molecule has 1 saturated heterocycles. The fourth-order valence-electron chi connectivity index (χ4n) is 3.62. The fraction of sp³-hybridized carbons (Fsp3) is 0.625. The third-order valence-corrected chi connectivity index (χ3v) is 4.94. The van der Waals surface area contributed by atoms with Crippen molar-refractivity contribution < 1.29 is 14.2 Å². The molecule has 21 heavy (non-hydrogen) atoms. The van der Waals surface area contributed by atoms with Crippen LogP contribution < -0.4 is 19.9 Å². The smallest absolute Gasteiger partial charge is 0.231 e. The number of hydrogen-bond donors (Lipinski definition) is 1. The average Bonchev–Trinajstić information content (AvgIpc) is 2.95. The molecule has 1 spiro atoms. The topological polar surface area (TPSA) is 57.0 Å². The van der Waals surface area contributed by atoms with Crippen molar-refractivity contribution in [2.75, 3.05) is 33.0 Å². The van der Waals surface area contributed by atoms with Crippen LogP contribution in [0.2, 0.25) is 0 Å². The number of piperidine rings is 1. The minimum absolute atomic E-state index is 0.00575. The molecule has 0 amide bonds. The van der Waals surface area contributed by atoms with E-state index < -0.39 is 0 Å². The summed E-state index contributed by atoms with van der Waals surface area (Å²) in [5.74, 6) is 2.65. The molecule has 3 aliphatic rings. The van der Waals surface area contributed by atoms with Crippen LogP contribution in [0, 0.1) is 0 Å². The van der Waals surface area contributed by atoms with E-state index in [4.69, 9.17) is 19.9 Å². The molecule has 0 bridgehead atoms. The highest BCUT2D eigenvalue weighted by molar-refractivity contribution is 5.52. The largest absolute Gasteiger partial charge is 0.487 e. The van der Waals surface area contributed by atoms with Gasteiger partial charge in [-0.25, -0.2) is 0 Å². The van der Waals surface area contributed by atoms with Gasteiger partial charge in [-0.1, -0.05) is 0 Å². The minimum Gasteiger partial charge on any atom is -0.487 e. The molecule has 1 fully saturated rings. The van der Waals surface area contributed by atoms with E-state index in [1.54, 1.807) is 0 Å². The van der Waals surface area contributed by atoms with Crippen molar-refractivity contribution in [1.82, 2.24) is 4.90 Å². The Morgan fingerprint density at radius 3 is 2.57 bits per heavy atom. The molecule has 3 aliphatic heterocycles. The van der Waals surface area contributed by atoms with Gasteiger partial charge in [0.25, 0.3) is 0 Å². The molecule has 5 nitrogen and oxygen atoms in total. The summed E-state index contributed by atoms with van der Waals surface area (Å²) < 4.78 is 17.3. The zero-order valence-electron chi connectivity index (χ0n) is 12.3. The van der Waals surface area contributed by atoms with Crippen LogP contribution in [0.3, 0.4) is 0 Å². The summed E-state index contributed by atoms with van der Waals surface area (Å²) in [6.45, 7) is 4.21. The predicted molar refractivity (Wildman–Crippen MR) is 79.0 cm³/mol. The number of fused-ring (bicyclic) bond motifs is 2. The van der Waals surface area contributed by atoms with E-state index >= 15 is 0 Å². The first-order valence-corrected chi connectivity index (χ1v) is 7.82. The Morgan fingerprint density at radius 1 is 1.05 bits per heavy atom. The highest BCUT2D eigenvalue weighted by Crippen LogP contribution is 2.45. The van der Waals surface area contributed by atoms with Gasteiger partial charge in [0, 0.05) is 32.2 Å². The molecular formula is C16H22N2O3. The van der Waals surface area contributed by atoms with Gasteiger partial charge >= 0.3 is 0 Å².